The molecule has 2 heterocycles. The van der Waals surface area contributed by atoms with E-state index in [0.717, 1.165) is 5.75 Å². The minimum absolute atomic E-state index is 0.0343. The van der Waals surface area contributed by atoms with Crippen LogP contribution in [-0.2, 0) is 14.3 Å². The smallest absolute Gasteiger partial charge is 0.320 e. The van der Waals surface area contributed by atoms with Crippen LogP contribution in [0.3, 0.4) is 0 Å². The highest BCUT2D eigenvalue weighted by Crippen LogP contribution is 2.20. The van der Waals surface area contributed by atoms with Crippen LogP contribution in [0.5, 0.6) is 0 Å². The number of amides is 2. The summed E-state index contributed by atoms with van der Waals surface area (Å²) in [6.07, 6.45) is 0. The Labute approximate surface area is 163 Å². The minimum atomic E-state index is -0.298. The summed E-state index contributed by atoms with van der Waals surface area (Å²) >= 11 is 1.54. The Hall–Kier alpha value is -2.06. The first-order valence-electron chi connectivity index (χ1n) is 9.12. The van der Waals surface area contributed by atoms with Crippen molar-refractivity contribution in [3.63, 3.8) is 0 Å². The van der Waals surface area contributed by atoms with Crippen molar-refractivity contribution >= 4 is 29.5 Å². The number of esters is 1. The van der Waals surface area contributed by atoms with Gasteiger partial charge in [0.05, 0.1) is 13.7 Å². The van der Waals surface area contributed by atoms with Gasteiger partial charge in [0.1, 0.15) is 5.25 Å². The predicted molar refractivity (Wildman–Crippen MR) is 104 cm³/mol. The topological polar surface area (TPSA) is 70.2 Å². The van der Waals surface area contributed by atoms with Gasteiger partial charge in [-0.05, 0) is 12.1 Å². The van der Waals surface area contributed by atoms with Crippen LogP contribution in [-0.4, -0.2) is 96.4 Å². The van der Waals surface area contributed by atoms with Gasteiger partial charge in [-0.1, -0.05) is 18.2 Å². The van der Waals surface area contributed by atoms with E-state index < -0.39 is 0 Å². The largest absolute Gasteiger partial charge is 0.468 e. The summed E-state index contributed by atoms with van der Waals surface area (Å²) in [7, 11) is 1.37. The number of carbonyl (C=O) groups is 3. The summed E-state index contributed by atoms with van der Waals surface area (Å²) in [4.78, 5) is 42.5. The van der Waals surface area contributed by atoms with Crippen molar-refractivity contribution in [3.8, 4) is 0 Å². The number of benzene rings is 1. The van der Waals surface area contributed by atoms with E-state index in [1.165, 1.54) is 18.9 Å². The number of rotatable bonds is 4. The van der Waals surface area contributed by atoms with Crippen molar-refractivity contribution in [1.82, 2.24) is 14.7 Å². The third-order valence-electron chi connectivity index (χ3n) is 4.92. The number of hydrogen-bond donors (Lipinski definition) is 0. The molecule has 8 heteroatoms. The Morgan fingerprint density at radius 2 is 1.74 bits per heavy atom. The van der Waals surface area contributed by atoms with Crippen LogP contribution < -0.4 is 0 Å². The number of methoxy groups -OCH3 is 1. The number of piperazine rings is 1. The highest BCUT2D eigenvalue weighted by atomic mass is 32.2. The van der Waals surface area contributed by atoms with Gasteiger partial charge in [-0.2, -0.15) is 0 Å². The fourth-order valence-corrected chi connectivity index (χ4v) is 4.44. The Kier molecular flexibility index (Phi) is 6.73. The summed E-state index contributed by atoms with van der Waals surface area (Å²) in [6, 6.07) is 9.26. The molecule has 0 radical (unpaired) electrons. The van der Waals surface area contributed by atoms with Crippen LogP contribution in [0.25, 0.3) is 0 Å². The van der Waals surface area contributed by atoms with Crippen molar-refractivity contribution in [3.05, 3.63) is 35.9 Å². The molecule has 146 valence electrons. The molecule has 1 atom stereocenters. The molecule has 2 amide bonds. The van der Waals surface area contributed by atoms with Crippen LogP contribution in [0.4, 0.5) is 0 Å². The van der Waals surface area contributed by atoms with Gasteiger partial charge in [0.15, 0.2) is 0 Å². The van der Waals surface area contributed by atoms with Crippen LogP contribution in [0, 0.1) is 0 Å². The molecular weight excluding hydrogens is 366 g/mol. The van der Waals surface area contributed by atoms with Gasteiger partial charge >= 0.3 is 5.97 Å². The maximum Gasteiger partial charge on any atom is 0.320 e. The van der Waals surface area contributed by atoms with Crippen molar-refractivity contribution in [1.29, 1.82) is 0 Å². The standard InChI is InChI=1S/C19H25N3O4S/c1-26-19(25)16-13-22(11-12-27-16)17(23)14-20-7-9-21(10-8-20)18(24)15-5-3-2-4-6-15/h2-6,16H,7-14H2,1H3/t16-/m0/s1. The van der Waals surface area contributed by atoms with Gasteiger partial charge in [-0.15, -0.1) is 11.8 Å². The summed E-state index contributed by atoms with van der Waals surface area (Å²) in [5.41, 5.74) is 0.696. The number of carbonyl (C=O) groups excluding carboxylic acids is 3. The second-order valence-corrected chi connectivity index (χ2v) is 7.97. The van der Waals surface area contributed by atoms with E-state index in [9.17, 15) is 14.4 Å². The van der Waals surface area contributed by atoms with Crippen LogP contribution >= 0.6 is 11.8 Å². The summed E-state index contributed by atoms with van der Waals surface area (Å²) in [5.74, 6) is 0.540. The van der Waals surface area contributed by atoms with Crippen molar-refractivity contribution < 1.29 is 19.1 Å². The second-order valence-electron chi connectivity index (χ2n) is 6.66. The van der Waals surface area contributed by atoms with Crippen LogP contribution in [0.15, 0.2) is 30.3 Å². The van der Waals surface area contributed by atoms with E-state index in [4.69, 9.17) is 4.74 Å². The van der Waals surface area contributed by atoms with E-state index >= 15 is 0 Å². The van der Waals surface area contributed by atoms with E-state index in [2.05, 4.69) is 4.90 Å². The lowest BCUT2D eigenvalue weighted by atomic mass is 10.2. The molecule has 0 saturated carbocycles. The first kappa shape index (κ1) is 19.7. The molecule has 0 N–H and O–H groups in total. The average molecular weight is 391 g/mol. The Bertz CT molecular complexity index is 677. The Morgan fingerprint density at radius 3 is 2.41 bits per heavy atom. The monoisotopic (exact) mass is 391 g/mol. The summed E-state index contributed by atoms with van der Waals surface area (Å²) in [5, 5.41) is -0.298. The van der Waals surface area contributed by atoms with E-state index in [-0.39, 0.29) is 23.0 Å². The van der Waals surface area contributed by atoms with Crippen LogP contribution in [0.1, 0.15) is 10.4 Å². The van der Waals surface area contributed by atoms with Gasteiger partial charge in [0, 0.05) is 50.6 Å². The first-order chi connectivity index (χ1) is 13.1. The first-order valence-corrected chi connectivity index (χ1v) is 10.2. The van der Waals surface area contributed by atoms with E-state index in [1.54, 1.807) is 4.90 Å². The molecule has 0 aliphatic carbocycles. The molecule has 2 aliphatic rings. The minimum Gasteiger partial charge on any atom is -0.468 e. The molecule has 0 unspecified atom stereocenters. The lowest BCUT2D eigenvalue weighted by molar-refractivity contribution is -0.141. The lowest BCUT2D eigenvalue weighted by Gasteiger charge is -2.36. The highest BCUT2D eigenvalue weighted by molar-refractivity contribution is 8.00. The zero-order chi connectivity index (χ0) is 19.2. The molecular formula is C19H25N3O4S. The molecule has 27 heavy (non-hydrogen) atoms. The summed E-state index contributed by atoms with van der Waals surface area (Å²) < 4.78 is 4.79. The third kappa shape index (κ3) is 5.01. The number of ether oxygens (including phenoxy) is 1. The molecule has 1 aromatic rings. The molecule has 0 bridgehead atoms. The third-order valence-corrected chi connectivity index (χ3v) is 6.08. The lowest BCUT2D eigenvalue weighted by Crippen LogP contribution is -2.53. The second kappa shape index (κ2) is 9.23. The average Bonchev–Trinajstić information content (AvgIpc) is 2.74. The van der Waals surface area contributed by atoms with Gasteiger partial charge in [0.2, 0.25) is 5.91 Å². The van der Waals surface area contributed by atoms with Gasteiger partial charge in [0.25, 0.3) is 5.91 Å². The van der Waals surface area contributed by atoms with Crippen molar-refractivity contribution in [2.24, 2.45) is 0 Å². The molecule has 1 aromatic carbocycles. The maximum absolute atomic E-state index is 12.6. The van der Waals surface area contributed by atoms with Crippen molar-refractivity contribution in [2.75, 3.05) is 58.7 Å². The number of thioether (sulfide) groups is 1. The number of nitrogens with zero attached hydrogens (tertiary/aromatic N) is 3. The zero-order valence-corrected chi connectivity index (χ0v) is 16.3. The predicted octanol–water partition coefficient (Wildman–Crippen LogP) is 0.561. The normalized spacial score (nSPS) is 21.0. The van der Waals surface area contributed by atoms with E-state index in [1.807, 2.05) is 35.2 Å². The quantitative estimate of drug-likeness (QED) is 0.699. The van der Waals surface area contributed by atoms with Gasteiger partial charge in [-0.3, -0.25) is 19.3 Å². The molecule has 0 spiro atoms. The van der Waals surface area contributed by atoms with Crippen molar-refractivity contribution in [2.45, 2.75) is 5.25 Å². The maximum atomic E-state index is 12.6. The molecule has 0 aromatic heterocycles. The molecule has 7 nitrogen and oxygen atoms in total. The Balaban J connectivity index is 1.47. The molecule has 2 aliphatic heterocycles. The van der Waals surface area contributed by atoms with Gasteiger partial charge in [-0.25, -0.2) is 0 Å². The molecule has 3 rings (SSSR count). The SMILES string of the molecule is COC(=O)[C@@H]1CN(C(=O)CN2CCN(C(=O)c3ccccc3)CC2)CCS1. The Morgan fingerprint density at radius 1 is 1.04 bits per heavy atom. The van der Waals surface area contributed by atoms with Crippen LogP contribution in [0.2, 0.25) is 0 Å². The molecule has 2 fully saturated rings. The highest BCUT2D eigenvalue weighted by Gasteiger charge is 2.31. The molecule has 2 saturated heterocycles. The number of hydrogen-bond acceptors (Lipinski definition) is 6. The summed E-state index contributed by atoms with van der Waals surface area (Å²) in [6.45, 7) is 3.96. The fraction of sp³-hybridized carbons (Fsp3) is 0.526. The van der Waals surface area contributed by atoms with Gasteiger partial charge < -0.3 is 14.5 Å². The van der Waals surface area contributed by atoms with E-state index in [0.29, 0.717) is 51.4 Å². The fourth-order valence-electron chi connectivity index (χ4n) is 3.31. The zero-order valence-electron chi connectivity index (χ0n) is 15.5.